The smallest absolute Gasteiger partial charge is 0.340 e. The third-order valence-corrected chi connectivity index (χ3v) is 8.87. The zero-order valence-corrected chi connectivity index (χ0v) is 18.1. The number of fused-ring (bicyclic) bond motifs is 1. The van der Waals surface area contributed by atoms with Gasteiger partial charge in [0, 0.05) is 37.6 Å². The number of hydrogen-bond donors (Lipinski definition) is 0. The molecule has 1 saturated heterocycles. The zero-order chi connectivity index (χ0) is 19.6. The minimum absolute atomic E-state index is 0.188. The first kappa shape index (κ1) is 20.8. The number of methoxy groups -OCH3 is 1. The monoisotopic (exact) mass is 414 g/mol. The number of sulfonamides is 1. The van der Waals surface area contributed by atoms with Crippen molar-refractivity contribution < 1.29 is 17.9 Å². The third kappa shape index (κ3) is 4.39. The van der Waals surface area contributed by atoms with E-state index in [9.17, 15) is 13.2 Å². The van der Waals surface area contributed by atoms with E-state index < -0.39 is 16.0 Å². The lowest BCUT2D eigenvalue weighted by Crippen LogP contribution is -2.33. The van der Waals surface area contributed by atoms with Crippen molar-refractivity contribution in [2.24, 2.45) is 5.92 Å². The molecular weight excluding hydrogens is 384 g/mol. The summed E-state index contributed by atoms with van der Waals surface area (Å²) in [6.07, 6.45) is 4.56. The lowest BCUT2D eigenvalue weighted by molar-refractivity contribution is 0.0595. The quantitative estimate of drug-likeness (QED) is 0.693. The molecule has 0 aromatic carbocycles. The van der Waals surface area contributed by atoms with Crippen molar-refractivity contribution in [3.63, 3.8) is 0 Å². The van der Waals surface area contributed by atoms with Crippen LogP contribution in [0.3, 0.4) is 0 Å². The highest BCUT2D eigenvalue weighted by Gasteiger charge is 2.37. The van der Waals surface area contributed by atoms with Crippen molar-refractivity contribution in [1.82, 2.24) is 9.21 Å². The number of nitrogens with zero attached hydrogens (tertiary/aromatic N) is 2. The second-order valence-corrected chi connectivity index (χ2v) is 11.1. The van der Waals surface area contributed by atoms with Gasteiger partial charge in [-0.15, -0.1) is 11.3 Å². The number of ether oxygens (including phenoxy) is 1. The van der Waals surface area contributed by atoms with Gasteiger partial charge >= 0.3 is 5.97 Å². The first-order chi connectivity index (χ1) is 12.8. The van der Waals surface area contributed by atoms with Crippen molar-refractivity contribution in [3.8, 4) is 0 Å². The average Bonchev–Trinajstić information content (AvgIpc) is 2.80. The van der Waals surface area contributed by atoms with Crippen molar-refractivity contribution in [3.05, 3.63) is 16.0 Å². The molecule has 3 rings (SSSR count). The standard InChI is InChI=1S/C19H30N2O4S2/c1-14(2)12-20-11-8-15-16(13-20)26-19(17(15)18(22)25-3)27(23,24)21-9-6-4-5-7-10-21/h14H,4-13H2,1-3H3. The molecule has 0 N–H and O–H groups in total. The fraction of sp³-hybridized carbons (Fsp3) is 0.737. The van der Waals surface area contributed by atoms with E-state index in [1.54, 1.807) is 4.31 Å². The molecule has 152 valence electrons. The van der Waals surface area contributed by atoms with Crippen LogP contribution in [-0.4, -0.2) is 56.9 Å². The molecule has 0 bridgehead atoms. The molecule has 1 fully saturated rings. The van der Waals surface area contributed by atoms with Gasteiger partial charge in [0.2, 0.25) is 0 Å². The molecule has 0 unspecified atom stereocenters. The maximum absolute atomic E-state index is 13.4. The van der Waals surface area contributed by atoms with Gasteiger partial charge in [0.15, 0.2) is 0 Å². The fourth-order valence-corrected chi connectivity index (χ4v) is 7.58. The highest BCUT2D eigenvalue weighted by atomic mass is 32.2. The van der Waals surface area contributed by atoms with E-state index in [1.165, 1.54) is 18.4 Å². The van der Waals surface area contributed by atoms with E-state index in [4.69, 9.17) is 4.74 Å². The minimum Gasteiger partial charge on any atom is -0.465 e. The van der Waals surface area contributed by atoms with Gasteiger partial charge in [0.1, 0.15) is 4.21 Å². The summed E-state index contributed by atoms with van der Waals surface area (Å²) in [5.41, 5.74) is 1.16. The lowest BCUT2D eigenvalue weighted by Gasteiger charge is -2.28. The van der Waals surface area contributed by atoms with E-state index in [1.807, 2.05) is 0 Å². The van der Waals surface area contributed by atoms with Crippen molar-refractivity contribution in [2.45, 2.75) is 56.7 Å². The van der Waals surface area contributed by atoms with Gasteiger partial charge in [0.05, 0.1) is 12.7 Å². The Morgan fingerprint density at radius 3 is 2.41 bits per heavy atom. The number of hydrogen-bond acceptors (Lipinski definition) is 6. The topological polar surface area (TPSA) is 66.9 Å². The van der Waals surface area contributed by atoms with Crippen molar-refractivity contribution >= 4 is 27.3 Å². The Bertz CT molecular complexity index is 778. The highest BCUT2D eigenvalue weighted by molar-refractivity contribution is 7.91. The maximum Gasteiger partial charge on any atom is 0.340 e. The van der Waals surface area contributed by atoms with Crippen molar-refractivity contribution in [1.29, 1.82) is 0 Å². The minimum atomic E-state index is -3.67. The normalized spacial score (nSPS) is 19.7. The van der Waals surface area contributed by atoms with Gasteiger partial charge < -0.3 is 4.74 Å². The van der Waals surface area contributed by atoms with E-state index in [-0.39, 0.29) is 9.77 Å². The Labute approximate surface area is 166 Å². The fourth-order valence-electron chi connectivity index (χ4n) is 3.99. The average molecular weight is 415 g/mol. The van der Waals surface area contributed by atoms with Crippen LogP contribution in [0.2, 0.25) is 0 Å². The Hall–Kier alpha value is -0.960. The molecule has 0 spiro atoms. The first-order valence-electron chi connectivity index (χ1n) is 9.80. The summed E-state index contributed by atoms with van der Waals surface area (Å²) in [5.74, 6) is 0.0186. The van der Waals surface area contributed by atoms with E-state index in [0.29, 0.717) is 32.0 Å². The van der Waals surface area contributed by atoms with Gasteiger partial charge in [-0.25, -0.2) is 13.2 Å². The largest absolute Gasteiger partial charge is 0.465 e. The summed E-state index contributed by atoms with van der Waals surface area (Å²) in [7, 11) is -2.35. The Balaban J connectivity index is 2.00. The Morgan fingerprint density at radius 2 is 1.81 bits per heavy atom. The van der Waals surface area contributed by atoms with Crippen LogP contribution in [0.5, 0.6) is 0 Å². The number of rotatable bonds is 5. The van der Waals surface area contributed by atoms with Gasteiger partial charge in [0.25, 0.3) is 10.0 Å². The van der Waals surface area contributed by atoms with Gasteiger partial charge in [-0.3, -0.25) is 4.90 Å². The molecule has 8 heteroatoms. The van der Waals surface area contributed by atoms with Crippen LogP contribution in [0.4, 0.5) is 0 Å². The molecular formula is C19H30N2O4S2. The third-order valence-electron chi connectivity index (χ3n) is 5.26. The molecule has 2 aliphatic heterocycles. The predicted molar refractivity (Wildman–Crippen MR) is 107 cm³/mol. The van der Waals surface area contributed by atoms with Crippen LogP contribution < -0.4 is 0 Å². The Kier molecular flexibility index (Phi) is 6.61. The van der Waals surface area contributed by atoms with Gasteiger partial charge in [-0.2, -0.15) is 4.31 Å². The summed E-state index contributed by atoms with van der Waals surface area (Å²) in [4.78, 5) is 15.8. The molecule has 0 radical (unpaired) electrons. The number of carbonyl (C=O) groups is 1. The SMILES string of the molecule is COC(=O)c1c(S(=O)(=O)N2CCCCCC2)sc2c1CCN(CC(C)C)C2. The maximum atomic E-state index is 13.4. The van der Waals surface area contributed by atoms with Gasteiger partial charge in [-0.1, -0.05) is 26.7 Å². The van der Waals surface area contributed by atoms with Crippen LogP contribution >= 0.6 is 11.3 Å². The molecule has 0 amide bonds. The number of carbonyl (C=O) groups excluding carboxylic acids is 1. The molecule has 2 aliphatic rings. The second-order valence-electron chi connectivity index (χ2n) is 7.86. The molecule has 0 aliphatic carbocycles. The van der Waals surface area contributed by atoms with Crippen LogP contribution in [0.15, 0.2) is 4.21 Å². The van der Waals surface area contributed by atoms with Crippen LogP contribution in [0.1, 0.15) is 60.3 Å². The molecule has 0 saturated carbocycles. The van der Waals surface area contributed by atoms with E-state index >= 15 is 0 Å². The summed E-state index contributed by atoms with van der Waals surface area (Å²) < 4.78 is 33.5. The molecule has 27 heavy (non-hydrogen) atoms. The van der Waals surface area contributed by atoms with Crippen LogP contribution in [0, 0.1) is 5.92 Å². The summed E-state index contributed by atoms with van der Waals surface area (Å²) in [5, 5.41) is 0. The first-order valence-corrected chi connectivity index (χ1v) is 12.1. The molecule has 1 aromatic rings. The van der Waals surface area contributed by atoms with E-state index in [2.05, 4.69) is 18.7 Å². The number of esters is 1. The molecule has 6 nitrogen and oxygen atoms in total. The molecule has 3 heterocycles. The molecule has 0 atom stereocenters. The zero-order valence-electron chi connectivity index (χ0n) is 16.5. The Morgan fingerprint density at radius 1 is 1.15 bits per heavy atom. The van der Waals surface area contributed by atoms with Crippen molar-refractivity contribution in [2.75, 3.05) is 33.3 Å². The van der Waals surface area contributed by atoms with Crippen LogP contribution in [0.25, 0.3) is 0 Å². The van der Waals surface area contributed by atoms with E-state index in [0.717, 1.165) is 49.2 Å². The second kappa shape index (κ2) is 8.59. The lowest BCUT2D eigenvalue weighted by atomic mass is 10.0. The predicted octanol–water partition coefficient (Wildman–Crippen LogP) is 3.11. The summed E-state index contributed by atoms with van der Waals surface area (Å²) in [6.45, 7) is 7.94. The summed E-state index contributed by atoms with van der Waals surface area (Å²) in [6, 6.07) is 0. The molecule has 1 aromatic heterocycles. The summed E-state index contributed by atoms with van der Waals surface area (Å²) >= 11 is 1.27. The van der Waals surface area contributed by atoms with Gasteiger partial charge in [-0.05, 0) is 30.7 Å². The highest BCUT2D eigenvalue weighted by Crippen LogP contribution is 2.38. The number of thiophene rings is 1. The van der Waals surface area contributed by atoms with Crippen LogP contribution in [-0.2, 0) is 27.7 Å².